The highest BCUT2D eigenvalue weighted by molar-refractivity contribution is 7.89. The standard InChI is InChI=1S/C11H22N2O2S/c1-10-4-8-13(9-5-10)16(14,15)11-2-6-12-7-3-11/h10-12H,2-9H2,1H3. The van der Waals surface area contributed by atoms with Crippen molar-refractivity contribution in [3.63, 3.8) is 0 Å². The minimum Gasteiger partial charge on any atom is -0.317 e. The Morgan fingerprint density at radius 1 is 1.06 bits per heavy atom. The average Bonchev–Trinajstić information content (AvgIpc) is 2.31. The summed E-state index contributed by atoms with van der Waals surface area (Å²) in [6.45, 7) is 5.34. The van der Waals surface area contributed by atoms with E-state index in [2.05, 4.69) is 12.2 Å². The van der Waals surface area contributed by atoms with Gasteiger partial charge in [0.1, 0.15) is 0 Å². The van der Waals surface area contributed by atoms with Gasteiger partial charge in [-0.1, -0.05) is 6.92 Å². The molecule has 94 valence electrons. The fourth-order valence-electron chi connectivity index (χ4n) is 2.54. The predicted octanol–water partition coefficient (Wildman–Crippen LogP) is 0.800. The molecule has 0 atom stereocenters. The molecular weight excluding hydrogens is 224 g/mol. The van der Waals surface area contributed by atoms with Crippen molar-refractivity contribution < 1.29 is 8.42 Å². The van der Waals surface area contributed by atoms with Gasteiger partial charge in [-0.15, -0.1) is 0 Å². The second-order valence-electron chi connectivity index (χ2n) is 5.08. The van der Waals surface area contributed by atoms with Gasteiger partial charge in [0.05, 0.1) is 5.25 Å². The molecule has 16 heavy (non-hydrogen) atoms. The summed E-state index contributed by atoms with van der Waals surface area (Å²) in [4.78, 5) is 0. The molecule has 0 saturated carbocycles. The Morgan fingerprint density at radius 2 is 1.62 bits per heavy atom. The van der Waals surface area contributed by atoms with Gasteiger partial charge >= 0.3 is 0 Å². The van der Waals surface area contributed by atoms with E-state index in [4.69, 9.17) is 0 Å². The molecule has 2 heterocycles. The van der Waals surface area contributed by atoms with Crippen LogP contribution >= 0.6 is 0 Å². The van der Waals surface area contributed by atoms with Crippen molar-refractivity contribution in [2.45, 2.75) is 37.9 Å². The van der Waals surface area contributed by atoms with Gasteiger partial charge in [0.15, 0.2) is 0 Å². The number of piperidine rings is 2. The third-order valence-corrected chi connectivity index (χ3v) is 6.21. The van der Waals surface area contributed by atoms with Gasteiger partial charge in [-0.2, -0.15) is 0 Å². The number of hydrogen-bond donors (Lipinski definition) is 1. The Labute approximate surface area is 98.4 Å². The summed E-state index contributed by atoms with van der Waals surface area (Å²) in [5, 5.41) is 3.08. The lowest BCUT2D eigenvalue weighted by atomic mass is 10.0. The van der Waals surface area contributed by atoms with Crippen LogP contribution in [0.4, 0.5) is 0 Å². The van der Waals surface area contributed by atoms with Crippen LogP contribution in [-0.4, -0.2) is 44.2 Å². The Kier molecular flexibility index (Phi) is 3.87. The molecule has 4 nitrogen and oxygen atoms in total. The summed E-state index contributed by atoms with van der Waals surface area (Å²) >= 11 is 0. The topological polar surface area (TPSA) is 49.4 Å². The van der Waals surface area contributed by atoms with Crippen molar-refractivity contribution in [2.75, 3.05) is 26.2 Å². The van der Waals surface area contributed by atoms with Crippen LogP contribution < -0.4 is 5.32 Å². The minimum atomic E-state index is -3.02. The van der Waals surface area contributed by atoms with E-state index in [9.17, 15) is 8.42 Å². The van der Waals surface area contributed by atoms with Gasteiger partial charge in [-0.05, 0) is 44.7 Å². The van der Waals surface area contributed by atoms with E-state index in [1.165, 1.54) is 0 Å². The third-order valence-electron chi connectivity index (χ3n) is 3.81. The van der Waals surface area contributed by atoms with Crippen LogP contribution in [0.3, 0.4) is 0 Å². The van der Waals surface area contributed by atoms with Gasteiger partial charge in [-0.25, -0.2) is 12.7 Å². The van der Waals surface area contributed by atoms with Gasteiger partial charge in [0.2, 0.25) is 10.0 Å². The van der Waals surface area contributed by atoms with Crippen LogP contribution in [0.1, 0.15) is 32.6 Å². The lowest BCUT2D eigenvalue weighted by Crippen LogP contribution is -2.46. The molecule has 0 aromatic carbocycles. The SMILES string of the molecule is CC1CCN(S(=O)(=O)C2CCNCC2)CC1. The lowest BCUT2D eigenvalue weighted by molar-refractivity contribution is 0.282. The number of hydrogen-bond acceptors (Lipinski definition) is 3. The maximum absolute atomic E-state index is 12.3. The van der Waals surface area contributed by atoms with Gasteiger partial charge in [-0.3, -0.25) is 0 Å². The molecule has 0 spiro atoms. The zero-order chi connectivity index (χ0) is 11.6. The second-order valence-corrected chi connectivity index (χ2v) is 7.29. The molecule has 5 heteroatoms. The lowest BCUT2D eigenvalue weighted by Gasteiger charge is -2.34. The molecule has 0 bridgehead atoms. The smallest absolute Gasteiger partial charge is 0.217 e. The summed E-state index contributed by atoms with van der Waals surface area (Å²) < 4.78 is 26.4. The molecule has 0 amide bonds. The van der Waals surface area contributed by atoms with Gasteiger partial charge in [0, 0.05) is 13.1 Å². The monoisotopic (exact) mass is 246 g/mol. The summed E-state index contributed by atoms with van der Waals surface area (Å²) in [6.07, 6.45) is 3.58. The summed E-state index contributed by atoms with van der Waals surface area (Å²) in [6, 6.07) is 0. The fourth-order valence-corrected chi connectivity index (χ4v) is 4.52. The van der Waals surface area contributed by atoms with Crippen LogP contribution in [0.15, 0.2) is 0 Å². The van der Waals surface area contributed by atoms with Crippen LogP contribution in [0.2, 0.25) is 0 Å². The van der Waals surface area contributed by atoms with E-state index in [0.29, 0.717) is 5.92 Å². The Hall–Kier alpha value is -0.130. The van der Waals surface area contributed by atoms with Crippen molar-refractivity contribution in [2.24, 2.45) is 5.92 Å². The quantitative estimate of drug-likeness (QED) is 0.784. The van der Waals surface area contributed by atoms with Crippen LogP contribution in [0, 0.1) is 5.92 Å². The maximum Gasteiger partial charge on any atom is 0.217 e. The van der Waals surface area contributed by atoms with Crippen LogP contribution in [0.5, 0.6) is 0 Å². The Balaban J connectivity index is 2.00. The summed E-state index contributed by atoms with van der Waals surface area (Å²) in [5.74, 6) is 0.680. The largest absolute Gasteiger partial charge is 0.317 e. The Bertz CT molecular complexity index is 315. The molecule has 0 aromatic rings. The molecule has 2 aliphatic rings. The fraction of sp³-hybridized carbons (Fsp3) is 1.00. The summed E-state index contributed by atoms with van der Waals surface area (Å²) in [5.41, 5.74) is 0. The highest BCUT2D eigenvalue weighted by atomic mass is 32.2. The first-order valence-corrected chi connectivity index (χ1v) is 7.80. The van der Waals surface area contributed by atoms with Crippen molar-refractivity contribution in [3.05, 3.63) is 0 Å². The molecule has 2 rings (SSSR count). The molecule has 2 aliphatic heterocycles. The minimum absolute atomic E-state index is 0.137. The van der Waals surface area contributed by atoms with E-state index in [1.807, 2.05) is 0 Å². The van der Waals surface area contributed by atoms with E-state index >= 15 is 0 Å². The van der Waals surface area contributed by atoms with E-state index in [-0.39, 0.29) is 5.25 Å². The predicted molar refractivity (Wildman–Crippen MR) is 64.8 cm³/mol. The van der Waals surface area contributed by atoms with Gasteiger partial charge < -0.3 is 5.32 Å². The summed E-state index contributed by atoms with van der Waals surface area (Å²) in [7, 11) is -3.02. The molecular formula is C11H22N2O2S. The number of nitrogens with zero attached hydrogens (tertiary/aromatic N) is 1. The highest BCUT2D eigenvalue weighted by Crippen LogP contribution is 2.24. The first-order valence-electron chi connectivity index (χ1n) is 6.30. The Morgan fingerprint density at radius 3 is 2.19 bits per heavy atom. The number of nitrogens with one attached hydrogen (secondary N) is 1. The molecule has 0 aliphatic carbocycles. The molecule has 2 fully saturated rings. The zero-order valence-electron chi connectivity index (χ0n) is 9.98. The average molecular weight is 246 g/mol. The highest BCUT2D eigenvalue weighted by Gasteiger charge is 2.34. The van der Waals surface area contributed by atoms with Crippen molar-refractivity contribution in [3.8, 4) is 0 Å². The normalized spacial score (nSPS) is 27.1. The first-order chi connectivity index (χ1) is 7.60. The maximum atomic E-state index is 12.3. The number of sulfonamides is 1. The molecule has 1 N–H and O–H groups in total. The molecule has 0 radical (unpaired) electrons. The van der Waals surface area contributed by atoms with Crippen molar-refractivity contribution in [1.29, 1.82) is 0 Å². The van der Waals surface area contributed by atoms with Crippen molar-refractivity contribution in [1.82, 2.24) is 9.62 Å². The molecule has 2 saturated heterocycles. The van der Waals surface area contributed by atoms with Crippen LogP contribution in [0.25, 0.3) is 0 Å². The molecule has 0 aromatic heterocycles. The van der Waals surface area contributed by atoms with Crippen molar-refractivity contribution >= 4 is 10.0 Å². The first kappa shape index (κ1) is 12.3. The van der Waals surface area contributed by atoms with E-state index in [0.717, 1.165) is 51.9 Å². The second kappa shape index (κ2) is 5.02. The zero-order valence-corrected chi connectivity index (χ0v) is 10.8. The number of rotatable bonds is 2. The van der Waals surface area contributed by atoms with Crippen LogP contribution in [-0.2, 0) is 10.0 Å². The van der Waals surface area contributed by atoms with E-state index < -0.39 is 10.0 Å². The van der Waals surface area contributed by atoms with E-state index in [1.54, 1.807) is 4.31 Å². The van der Waals surface area contributed by atoms with Gasteiger partial charge in [0.25, 0.3) is 0 Å². The molecule has 0 unspecified atom stereocenters. The third kappa shape index (κ3) is 2.57.